The molecule has 0 aliphatic carbocycles. The number of ether oxygens (including phenoxy) is 1. The Bertz CT molecular complexity index is 1550. The zero-order valence-electron chi connectivity index (χ0n) is 18.6. The molecule has 0 spiro atoms. The number of thiophene rings is 1. The number of imide groups is 1. The molecule has 9 nitrogen and oxygen atoms in total. The highest BCUT2D eigenvalue weighted by Crippen LogP contribution is 2.40. The number of anilines is 1. The smallest absolute Gasteiger partial charge is 0.271 e. The monoisotopic (exact) mass is 521 g/mol. The predicted octanol–water partition coefficient (Wildman–Crippen LogP) is 5.37. The van der Waals surface area contributed by atoms with Crippen LogP contribution in [-0.4, -0.2) is 41.3 Å². The Hall–Kier alpha value is -4.28. The lowest BCUT2D eigenvalue weighted by atomic mass is 10.1. The van der Waals surface area contributed by atoms with E-state index in [9.17, 15) is 24.5 Å². The summed E-state index contributed by atoms with van der Waals surface area (Å²) in [6, 6.07) is 17.3. The molecule has 1 aromatic heterocycles. The number of amides is 3. The number of carbonyl (C=O) groups excluding carboxylic acids is 3. The predicted molar refractivity (Wildman–Crippen MR) is 135 cm³/mol. The van der Waals surface area contributed by atoms with Gasteiger partial charge in [0.25, 0.3) is 23.4 Å². The van der Waals surface area contributed by atoms with Gasteiger partial charge in [0.2, 0.25) is 0 Å². The average molecular weight is 522 g/mol. The number of rotatable bonds is 6. The van der Waals surface area contributed by atoms with Gasteiger partial charge in [-0.25, -0.2) is 0 Å². The summed E-state index contributed by atoms with van der Waals surface area (Å²) in [7, 11) is 1.44. The van der Waals surface area contributed by atoms with E-state index in [4.69, 9.17) is 16.3 Å². The van der Waals surface area contributed by atoms with Crippen LogP contribution in [-0.2, 0) is 0 Å². The standard InChI is InChI=1S/C25H16ClN3O6S/c1-35-19-9-5-4-8-18(19)27(13-28-23(30)15-6-2-3-7-16(15)24(28)31)25(32)22-21(26)17-11-10-14(29(33)34)12-20(17)36-22/h2-12H,13H2,1H3. The minimum absolute atomic E-state index is 0.106. The average Bonchev–Trinajstić information content (AvgIpc) is 3.35. The van der Waals surface area contributed by atoms with Gasteiger partial charge in [-0.3, -0.25) is 34.3 Å². The van der Waals surface area contributed by atoms with E-state index in [1.54, 1.807) is 48.5 Å². The van der Waals surface area contributed by atoms with E-state index in [0.29, 0.717) is 21.5 Å². The topological polar surface area (TPSA) is 110 Å². The van der Waals surface area contributed by atoms with Crippen molar-refractivity contribution in [2.45, 2.75) is 0 Å². The van der Waals surface area contributed by atoms with Crippen molar-refractivity contribution in [3.63, 3.8) is 0 Å². The first-order valence-electron chi connectivity index (χ1n) is 10.6. The zero-order chi connectivity index (χ0) is 25.6. The Morgan fingerprint density at radius 1 is 1.06 bits per heavy atom. The van der Waals surface area contributed by atoms with Crippen molar-refractivity contribution in [3.05, 3.63) is 97.9 Å². The second kappa shape index (κ2) is 9.06. The van der Waals surface area contributed by atoms with E-state index < -0.39 is 29.3 Å². The summed E-state index contributed by atoms with van der Waals surface area (Å²) in [6.45, 7) is -0.393. The van der Waals surface area contributed by atoms with Gasteiger partial charge in [-0.1, -0.05) is 35.9 Å². The van der Waals surface area contributed by atoms with Crippen molar-refractivity contribution in [2.24, 2.45) is 0 Å². The molecular formula is C25H16ClN3O6S. The summed E-state index contributed by atoms with van der Waals surface area (Å²) in [6.07, 6.45) is 0. The highest BCUT2D eigenvalue weighted by molar-refractivity contribution is 7.21. The third-order valence-electron chi connectivity index (χ3n) is 5.80. The first-order valence-corrected chi connectivity index (χ1v) is 11.8. The molecule has 5 rings (SSSR count). The van der Waals surface area contributed by atoms with Gasteiger partial charge < -0.3 is 4.74 Å². The number of nitro benzene ring substituents is 1. The number of para-hydroxylation sites is 2. The first kappa shape index (κ1) is 23.5. The van der Waals surface area contributed by atoms with Crippen LogP contribution in [0.1, 0.15) is 30.4 Å². The van der Waals surface area contributed by atoms with Gasteiger partial charge in [-0.2, -0.15) is 0 Å². The minimum atomic E-state index is -0.593. The maximum absolute atomic E-state index is 13.9. The molecule has 36 heavy (non-hydrogen) atoms. The number of methoxy groups -OCH3 is 1. The fourth-order valence-electron chi connectivity index (χ4n) is 4.04. The van der Waals surface area contributed by atoms with E-state index in [1.807, 2.05) is 0 Å². The Morgan fingerprint density at radius 3 is 2.33 bits per heavy atom. The lowest BCUT2D eigenvalue weighted by Gasteiger charge is -2.28. The third kappa shape index (κ3) is 3.76. The molecule has 4 aromatic rings. The molecule has 1 aliphatic heterocycles. The number of non-ortho nitro benzene ring substituents is 1. The highest BCUT2D eigenvalue weighted by atomic mass is 35.5. The Morgan fingerprint density at radius 2 is 1.69 bits per heavy atom. The van der Waals surface area contributed by atoms with Gasteiger partial charge in [0.1, 0.15) is 17.3 Å². The van der Waals surface area contributed by atoms with Crippen molar-refractivity contribution < 1.29 is 24.0 Å². The van der Waals surface area contributed by atoms with Crippen LogP contribution < -0.4 is 9.64 Å². The molecule has 2 heterocycles. The van der Waals surface area contributed by atoms with E-state index in [2.05, 4.69) is 0 Å². The molecule has 0 bridgehead atoms. The molecular weight excluding hydrogens is 506 g/mol. The van der Waals surface area contributed by atoms with Crippen LogP contribution in [0.25, 0.3) is 10.1 Å². The number of hydrogen-bond donors (Lipinski definition) is 0. The van der Waals surface area contributed by atoms with Gasteiger partial charge in [0.05, 0.1) is 33.9 Å². The van der Waals surface area contributed by atoms with Crippen molar-refractivity contribution in [1.29, 1.82) is 0 Å². The van der Waals surface area contributed by atoms with Crippen LogP contribution in [0.4, 0.5) is 11.4 Å². The van der Waals surface area contributed by atoms with Crippen LogP contribution in [0.2, 0.25) is 5.02 Å². The van der Waals surface area contributed by atoms with Crippen LogP contribution >= 0.6 is 22.9 Å². The third-order valence-corrected chi connectivity index (χ3v) is 7.45. The van der Waals surface area contributed by atoms with Crippen LogP contribution in [0.3, 0.4) is 0 Å². The normalized spacial score (nSPS) is 12.7. The number of halogens is 1. The summed E-state index contributed by atoms with van der Waals surface area (Å²) < 4.78 is 5.89. The summed E-state index contributed by atoms with van der Waals surface area (Å²) in [4.78, 5) is 53.0. The molecule has 180 valence electrons. The fraction of sp³-hybridized carbons (Fsp3) is 0.0800. The molecule has 0 unspecified atom stereocenters. The Labute approximate surface area is 213 Å². The largest absolute Gasteiger partial charge is 0.495 e. The zero-order valence-corrected chi connectivity index (χ0v) is 20.2. The number of hydrogen-bond acceptors (Lipinski definition) is 7. The lowest BCUT2D eigenvalue weighted by Crippen LogP contribution is -2.44. The number of carbonyl (C=O) groups is 3. The van der Waals surface area contributed by atoms with Crippen LogP contribution in [0.15, 0.2) is 66.7 Å². The van der Waals surface area contributed by atoms with E-state index in [0.717, 1.165) is 16.2 Å². The molecule has 3 aromatic carbocycles. The van der Waals surface area contributed by atoms with Crippen molar-refractivity contribution in [1.82, 2.24) is 4.90 Å². The fourth-order valence-corrected chi connectivity index (χ4v) is 5.53. The van der Waals surface area contributed by atoms with E-state index in [1.165, 1.54) is 30.2 Å². The van der Waals surface area contributed by atoms with Gasteiger partial charge >= 0.3 is 0 Å². The number of benzene rings is 3. The van der Waals surface area contributed by atoms with Gasteiger partial charge in [0.15, 0.2) is 0 Å². The molecule has 11 heteroatoms. The summed E-state index contributed by atoms with van der Waals surface area (Å²) in [5.74, 6) is -1.30. The quantitative estimate of drug-likeness (QED) is 0.191. The SMILES string of the molecule is COc1ccccc1N(CN1C(=O)c2ccccc2C1=O)C(=O)c1sc2cc([N+](=O)[O-])ccc2c1Cl. The molecule has 0 saturated carbocycles. The van der Waals surface area contributed by atoms with Crippen molar-refractivity contribution in [3.8, 4) is 5.75 Å². The lowest BCUT2D eigenvalue weighted by molar-refractivity contribution is -0.384. The van der Waals surface area contributed by atoms with Crippen LogP contribution in [0.5, 0.6) is 5.75 Å². The Kier molecular flexibility index (Phi) is 5.91. The molecule has 0 atom stereocenters. The second-order valence-corrected chi connectivity index (χ2v) is 9.24. The number of fused-ring (bicyclic) bond motifs is 2. The second-order valence-electron chi connectivity index (χ2n) is 7.81. The molecule has 3 amide bonds. The van der Waals surface area contributed by atoms with E-state index >= 15 is 0 Å². The molecule has 0 N–H and O–H groups in total. The first-order chi connectivity index (χ1) is 17.3. The van der Waals surface area contributed by atoms with Gasteiger partial charge in [-0.05, 0) is 30.3 Å². The molecule has 0 saturated heterocycles. The van der Waals surface area contributed by atoms with E-state index in [-0.39, 0.29) is 26.7 Å². The number of nitro groups is 1. The Balaban J connectivity index is 1.60. The summed E-state index contributed by atoms with van der Waals surface area (Å²) in [5.41, 5.74) is 0.692. The maximum Gasteiger partial charge on any atom is 0.271 e. The summed E-state index contributed by atoms with van der Waals surface area (Å²) >= 11 is 7.54. The highest BCUT2D eigenvalue weighted by Gasteiger charge is 2.38. The van der Waals surface area contributed by atoms with Gasteiger partial charge in [0, 0.05) is 22.2 Å². The molecule has 0 fully saturated rings. The maximum atomic E-state index is 13.9. The van der Waals surface area contributed by atoms with Crippen LogP contribution in [0, 0.1) is 10.1 Å². The van der Waals surface area contributed by atoms with Crippen molar-refractivity contribution in [2.75, 3.05) is 18.7 Å². The summed E-state index contributed by atoms with van der Waals surface area (Å²) in [5, 5.41) is 11.8. The molecule has 0 radical (unpaired) electrons. The molecule has 1 aliphatic rings. The minimum Gasteiger partial charge on any atom is -0.495 e. The van der Waals surface area contributed by atoms with Gasteiger partial charge in [-0.15, -0.1) is 11.3 Å². The van der Waals surface area contributed by atoms with Crippen molar-refractivity contribution >= 4 is 62.1 Å². The number of nitrogens with zero attached hydrogens (tertiary/aromatic N) is 3.